The predicted molar refractivity (Wildman–Crippen MR) is 53.1 cm³/mol. The van der Waals surface area contributed by atoms with Crippen molar-refractivity contribution < 1.29 is 0 Å². The molecule has 0 aromatic rings. The van der Waals surface area contributed by atoms with Gasteiger partial charge in [0.1, 0.15) is 0 Å². The molecule has 2 fully saturated rings. The highest BCUT2D eigenvalue weighted by molar-refractivity contribution is 4.91. The van der Waals surface area contributed by atoms with E-state index < -0.39 is 0 Å². The van der Waals surface area contributed by atoms with Crippen molar-refractivity contribution >= 4 is 0 Å². The van der Waals surface area contributed by atoms with Crippen LogP contribution in [0.5, 0.6) is 0 Å². The van der Waals surface area contributed by atoms with E-state index in [1.165, 1.54) is 44.9 Å². The van der Waals surface area contributed by atoms with Crippen LogP contribution in [0.2, 0.25) is 0 Å². The van der Waals surface area contributed by atoms with Crippen molar-refractivity contribution in [3.05, 3.63) is 0 Å². The van der Waals surface area contributed by atoms with Crippen LogP contribution in [-0.2, 0) is 0 Å². The van der Waals surface area contributed by atoms with Crippen LogP contribution in [-0.4, -0.2) is 0 Å². The Morgan fingerprint density at radius 1 is 1.25 bits per heavy atom. The second kappa shape index (κ2) is 3.05. The molecule has 0 N–H and O–H groups in total. The lowest BCUT2D eigenvalue weighted by molar-refractivity contribution is 0.0531. The van der Waals surface area contributed by atoms with Crippen molar-refractivity contribution in [1.82, 2.24) is 0 Å². The predicted octanol–water partition coefficient (Wildman–Crippen LogP) is 4.00. The molecule has 0 unspecified atom stereocenters. The molecule has 0 spiro atoms. The van der Waals surface area contributed by atoms with E-state index in [0.29, 0.717) is 0 Å². The first-order valence-electron chi connectivity index (χ1n) is 5.73. The van der Waals surface area contributed by atoms with Gasteiger partial charge >= 0.3 is 0 Å². The van der Waals surface area contributed by atoms with Gasteiger partial charge in [0, 0.05) is 0 Å². The molecule has 0 amide bonds. The molecule has 2 aliphatic rings. The van der Waals surface area contributed by atoms with E-state index in [-0.39, 0.29) is 0 Å². The summed E-state index contributed by atoms with van der Waals surface area (Å²) in [5.41, 5.74) is 0.794. The fourth-order valence-corrected chi connectivity index (χ4v) is 2.65. The fraction of sp³-hybridized carbons (Fsp3) is 1.00. The lowest BCUT2D eigenvalue weighted by atomic mass is 9.59. The van der Waals surface area contributed by atoms with Crippen LogP contribution in [0.25, 0.3) is 0 Å². The summed E-state index contributed by atoms with van der Waals surface area (Å²) in [5.74, 6) is 2.08. The Morgan fingerprint density at radius 3 is 2.25 bits per heavy atom. The molecule has 0 bridgehead atoms. The van der Waals surface area contributed by atoms with Crippen molar-refractivity contribution in [2.24, 2.45) is 17.3 Å². The average Bonchev–Trinajstić information content (AvgIpc) is 2.67. The van der Waals surface area contributed by atoms with Crippen LogP contribution in [0, 0.1) is 17.3 Å². The third-order valence-corrected chi connectivity index (χ3v) is 4.32. The van der Waals surface area contributed by atoms with Crippen molar-refractivity contribution in [3.8, 4) is 0 Å². The molecule has 0 heterocycles. The first-order valence-corrected chi connectivity index (χ1v) is 5.73. The summed E-state index contributed by atoms with van der Waals surface area (Å²) in [7, 11) is 0. The van der Waals surface area contributed by atoms with Crippen LogP contribution < -0.4 is 0 Å². The van der Waals surface area contributed by atoms with Gasteiger partial charge in [-0.15, -0.1) is 0 Å². The molecule has 0 heteroatoms. The van der Waals surface area contributed by atoms with Crippen LogP contribution in [0.15, 0.2) is 0 Å². The second-order valence-corrected chi connectivity index (χ2v) is 5.35. The number of hydrogen-bond donors (Lipinski definition) is 0. The molecule has 0 nitrogen and oxygen atoms in total. The van der Waals surface area contributed by atoms with E-state index in [1.54, 1.807) is 0 Å². The van der Waals surface area contributed by atoms with Gasteiger partial charge in [0.2, 0.25) is 0 Å². The van der Waals surface area contributed by atoms with Gasteiger partial charge in [0.15, 0.2) is 0 Å². The SMILES string of the molecule is CC(C)C1(CCC2CC2)CCC1. The summed E-state index contributed by atoms with van der Waals surface area (Å²) in [6.45, 7) is 4.85. The van der Waals surface area contributed by atoms with E-state index in [0.717, 1.165) is 17.3 Å². The Morgan fingerprint density at radius 2 is 1.92 bits per heavy atom. The van der Waals surface area contributed by atoms with Crippen LogP contribution >= 0.6 is 0 Å². The van der Waals surface area contributed by atoms with Gasteiger partial charge in [0.25, 0.3) is 0 Å². The summed E-state index contributed by atoms with van der Waals surface area (Å²) in [5, 5.41) is 0. The minimum atomic E-state index is 0.794. The minimum Gasteiger partial charge on any atom is -0.0622 e. The first-order chi connectivity index (χ1) is 5.73. The standard InChI is InChI=1S/C12H22/c1-10(2)12(7-3-8-12)9-6-11-4-5-11/h10-11H,3-9H2,1-2H3. The maximum Gasteiger partial charge on any atom is -0.0274 e. The molecule has 2 aliphatic carbocycles. The smallest absolute Gasteiger partial charge is 0.0274 e. The molecular weight excluding hydrogens is 144 g/mol. The van der Waals surface area contributed by atoms with Crippen molar-refractivity contribution in [3.63, 3.8) is 0 Å². The molecule has 0 aliphatic heterocycles. The third-order valence-electron chi connectivity index (χ3n) is 4.32. The van der Waals surface area contributed by atoms with Crippen LogP contribution in [0.4, 0.5) is 0 Å². The number of hydrogen-bond acceptors (Lipinski definition) is 0. The second-order valence-electron chi connectivity index (χ2n) is 5.35. The summed E-state index contributed by atoms with van der Waals surface area (Å²) >= 11 is 0. The van der Waals surface area contributed by atoms with Crippen LogP contribution in [0.1, 0.15) is 58.8 Å². The highest BCUT2D eigenvalue weighted by atomic mass is 14.5. The Labute approximate surface area is 76.7 Å². The summed E-state index contributed by atoms with van der Waals surface area (Å²) in [6, 6.07) is 0. The largest absolute Gasteiger partial charge is 0.0622 e. The van der Waals surface area contributed by atoms with Gasteiger partial charge < -0.3 is 0 Å². The van der Waals surface area contributed by atoms with E-state index in [1.807, 2.05) is 0 Å². The molecule has 0 aromatic heterocycles. The topological polar surface area (TPSA) is 0 Å². The quantitative estimate of drug-likeness (QED) is 0.592. The van der Waals surface area contributed by atoms with E-state index >= 15 is 0 Å². The van der Waals surface area contributed by atoms with E-state index in [4.69, 9.17) is 0 Å². The third kappa shape index (κ3) is 1.53. The zero-order chi connectivity index (χ0) is 8.60. The van der Waals surface area contributed by atoms with Gasteiger partial charge in [-0.1, -0.05) is 33.1 Å². The Bertz CT molecular complexity index is 149. The molecule has 0 aromatic carbocycles. The van der Waals surface area contributed by atoms with Gasteiger partial charge in [-0.05, 0) is 42.9 Å². The molecule has 0 saturated heterocycles. The lowest BCUT2D eigenvalue weighted by Crippen LogP contribution is -2.34. The molecule has 2 rings (SSSR count). The molecule has 0 radical (unpaired) electrons. The maximum absolute atomic E-state index is 2.42. The molecular formula is C12H22. The maximum atomic E-state index is 2.42. The summed E-state index contributed by atoms with van der Waals surface area (Å²) in [6.07, 6.45) is 10.7. The van der Waals surface area contributed by atoms with Gasteiger partial charge in [0.05, 0.1) is 0 Å². The summed E-state index contributed by atoms with van der Waals surface area (Å²) in [4.78, 5) is 0. The average molecular weight is 166 g/mol. The van der Waals surface area contributed by atoms with E-state index in [2.05, 4.69) is 13.8 Å². The zero-order valence-corrected chi connectivity index (χ0v) is 8.60. The normalized spacial score (nSPS) is 27.2. The Hall–Kier alpha value is 0. The molecule has 12 heavy (non-hydrogen) atoms. The summed E-state index contributed by atoms with van der Waals surface area (Å²) < 4.78 is 0. The molecule has 0 atom stereocenters. The lowest BCUT2D eigenvalue weighted by Gasteiger charge is -2.46. The van der Waals surface area contributed by atoms with Crippen LogP contribution in [0.3, 0.4) is 0 Å². The van der Waals surface area contributed by atoms with Gasteiger partial charge in [-0.3, -0.25) is 0 Å². The van der Waals surface area contributed by atoms with Crippen molar-refractivity contribution in [1.29, 1.82) is 0 Å². The van der Waals surface area contributed by atoms with Gasteiger partial charge in [-0.2, -0.15) is 0 Å². The monoisotopic (exact) mass is 166 g/mol. The molecule has 70 valence electrons. The Kier molecular flexibility index (Phi) is 2.18. The fourth-order valence-electron chi connectivity index (χ4n) is 2.65. The van der Waals surface area contributed by atoms with Gasteiger partial charge in [-0.25, -0.2) is 0 Å². The highest BCUT2D eigenvalue weighted by Gasteiger charge is 2.40. The molecule has 2 saturated carbocycles. The van der Waals surface area contributed by atoms with Crippen molar-refractivity contribution in [2.45, 2.75) is 58.8 Å². The minimum absolute atomic E-state index is 0.794. The zero-order valence-electron chi connectivity index (χ0n) is 8.60. The van der Waals surface area contributed by atoms with Crippen molar-refractivity contribution in [2.75, 3.05) is 0 Å². The Balaban J connectivity index is 1.80. The number of rotatable bonds is 4. The first kappa shape index (κ1) is 8.59. The highest BCUT2D eigenvalue weighted by Crippen LogP contribution is 2.52. The van der Waals surface area contributed by atoms with E-state index in [9.17, 15) is 0 Å².